The highest BCUT2D eigenvalue weighted by Crippen LogP contribution is 2.30. The van der Waals surface area contributed by atoms with E-state index in [0.717, 1.165) is 53.7 Å². The van der Waals surface area contributed by atoms with Crippen LogP contribution in [0.3, 0.4) is 0 Å². The summed E-state index contributed by atoms with van der Waals surface area (Å²) in [6, 6.07) is 4.62. The first-order chi connectivity index (χ1) is 12.3. The van der Waals surface area contributed by atoms with E-state index in [1.165, 1.54) is 0 Å². The lowest BCUT2D eigenvalue weighted by Crippen LogP contribution is -2.31. The van der Waals surface area contributed by atoms with Crippen LogP contribution in [0.25, 0.3) is 16.6 Å². The van der Waals surface area contributed by atoms with Gasteiger partial charge in [0.15, 0.2) is 5.82 Å². The molecule has 0 aliphatic heterocycles. The highest BCUT2D eigenvalue weighted by molar-refractivity contribution is 5.77. The molecule has 3 heterocycles. The van der Waals surface area contributed by atoms with E-state index in [0.29, 0.717) is 0 Å². The number of rotatable bonds is 3. The number of aryl methyl sites for hydroxylation is 1. The van der Waals surface area contributed by atoms with Crippen molar-refractivity contribution in [2.75, 3.05) is 5.32 Å². The Kier molecular flexibility index (Phi) is 4.02. The standard InChI is InChI=1S/C18H19N7/c1-12-8-21-22-9-15(12)14-6-17-18(20-11-23-25(17)10-14)24-16-5-3-2-4-13(16)7-19/h6,8-11,13,16H,2-5H2,1H3,(H,20,23,24). The van der Waals surface area contributed by atoms with Crippen molar-refractivity contribution in [1.82, 2.24) is 24.8 Å². The predicted molar refractivity (Wildman–Crippen MR) is 93.7 cm³/mol. The average molecular weight is 333 g/mol. The molecule has 25 heavy (non-hydrogen) atoms. The third kappa shape index (κ3) is 2.91. The van der Waals surface area contributed by atoms with Crippen LogP contribution >= 0.6 is 0 Å². The Hall–Kier alpha value is -3.01. The molecule has 0 saturated heterocycles. The van der Waals surface area contributed by atoms with Crippen LogP contribution in [0.4, 0.5) is 5.82 Å². The normalized spacial score (nSPS) is 20.3. The highest BCUT2D eigenvalue weighted by Gasteiger charge is 2.25. The number of fused-ring (bicyclic) bond motifs is 1. The van der Waals surface area contributed by atoms with E-state index in [9.17, 15) is 5.26 Å². The zero-order valence-corrected chi connectivity index (χ0v) is 14.1. The lowest BCUT2D eigenvalue weighted by molar-refractivity contribution is 0.388. The second-order valence-electron chi connectivity index (χ2n) is 6.52. The number of hydrogen-bond donors (Lipinski definition) is 1. The summed E-state index contributed by atoms with van der Waals surface area (Å²) in [6.07, 6.45) is 11.2. The molecule has 4 rings (SSSR count). The van der Waals surface area contributed by atoms with Gasteiger partial charge in [-0.2, -0.15) is 20.6 Å². The van der Waals surface area contributed by atoms with Gasteiger partial charge in [0.2, 0.25) is 0 Å². The monoisotopic (exact) mass is 333 g/mol. The number of hydrogen-bond acceptors (Lipinski definition) is 6. The minimum absolute atomic E-state index is 0.0323. The Labute approximate surface area is 145 Å². The van der Waals surface area contributed by atoms with Crippen LogP contribution < -0.4 is 5.32 Å². The molecule has 0 spiro atoms. The van der Waals surface area contributed by atoms with Crippen molar-refractivity contribution >= 4 is 11.3 Å². The minimum Gasteiger partial charge on any atom is -0.364 e. The van der Waals surface area contributed by atoms with E-state index in [2.05, 4.69) is 37.7 Å². The summed E-state index contributed by atoms with van der Waals surface area (Å²) in [6.45, 7) is 2.01. The summed E-state index contributed by atoms with van der Waals surface area (Å²) < 4.78 is 1.81. The Morgan fingerprint density at radius 2 is 2.08 bits per heavy atom. The maximum absolute atomic E-state index is 9.40. The van der Waals surface area contributed by atoms with Gasteiger partial charge in [0, 0.05) is 23.4 Å². The fraction of sp³-hybridized carbons (Fsp3) is 0.389. The quantitative estimate of drug-likeness (QED) is 0.792. The molecular weight excluding hydrogens is 314 g/mol. The molecule has 0 amide bonds. The summed E-state index contributed by atoms with van der Waals surface area (Å²) in [5.74, 6) is 0.804. The van der Waals surface area contributed by atoms with Crippen LogP contribution in [0.2, 0.25) is 0 Å². The summed E-state index contributed by atoms with van der Waals surface area (Å²) in [5.41, 5.74) is 4.01. The van der Waals surface area contributed by atoms with Crippen molar-refractivity contribution < 1.29 is 0 Å². The van der Waals surface area contributed by atoms with Crippen LogP contribution in [-0.4, -0.2) is 30.8 Å². The fourth-order valence-electron chi connectivity index (χ4n) is 3.51. The predicted octanol–water partition coefficient (Wildman–Crippen LogP) is 2.99. The van der Waals surface area contributed by atoms with Gasteiger partial charge in [-0.3, -0.25) is 0 Å². The summed E-state index contributed by atoms with van der Waals surface area (Å²) in [7, 11) is 0. The fourth-order valence-corrected chi connectivity index (χ4v) is 3.51. The van der Waals surface area contributed by atoms with E-state index in [-0.39, 0.29) is 12.0 Å². The Bertz CT molecular complexity index is 940. The van der Waals surface area contributed by atoms with Gasteiger partial charge in [-0.25, -0.2) is 9.50 Å². The molecule has 1 saturated carbocycles. The van der Waals surface area contributed by atoms with Crippen molar-refractivity contribution in [1.29, 1.82) is 5.26 Å². The summed E-state index contributed by atoms with van der Waals surface area (Å²) in [4.78, 5) is 4.42. The molecule has 0 radical (unpaired) electrons. The number of nitriles is 1. The second kappa shape index (κ2) is 6.48. The largest absolute Gasteiger partial charge is 0.364 e. The molecule has 0 aromatic carbocycles. The molecule has 1 aliphatic rings. The third-order valence-corrected chi connectivity index (χ3v) is 4.90. The lowest BCUT2D eigenvalue weighted by atomic mass is 9.85. The molecule has 3 aromatic rings. The van der Waals surface area contributed by atoms with Crippen molar-refractivity contribution in [3.05, 3.63) is 36.5 Å². The van der Waals surface area contributed by atoms with E-state index >= 15 is 0 Å². The van der Waals surface area contributed by atoms with Crippen molar-refractivity contribution in [3.8, 4) is 17.2 Å². The van der Waals surface area contributed by atoms with Gasteiger partial charge in [-0.15, -0.1) is 0 Å². The zero-order chi connectivity index (χ0) is 17.2. The highest BCUT2D eigenvalue weighted by atomic mass is 15.3. The number of anilines is 1. The van der Waals surface area contributed by atoms with Crippen LogP contribution in [0.1, 0.15) is 31.2 Å². The first-order valence-corrected chi connectivity index (χ1v) is 8.53. The molecule has 1 N–H and O–H groups in total. The average Bonchev–Trinajstić information content (AvgIpc) is 3.07. The number of nitrogens with one attached hydrogen (secondary N) is 1. The third-order valence-electron chi connectivity index (χ3n) is 4.90. The summed E-state index contributed by atoms with van der Waals surface area (Å²) in [5, 5.41) is 25.1. The van der Waals surface area contributed by atoms with Gasteiger partial charge in [-0.1, -0.05) is 12.8 Å². The molecule has 0 bridgehead atoms. The number of nitrogens with zero attached hydrogens (tertiary/aromatic N) is 6. The first-order valence-electron chi connectivity index (χ1n) is 8.53. The topological polar surface area (TPSA) is 91.8 Å². The van der Waals surface area contributed by atoms with Crippen molar-refractivity contribution in [2.24, 2.45) is 5.92 Å². The molecule has 1 fully saturated rings. The Morgan fingerprint density at radius 3 is 2.92 bits per heavy atom. The van der Waals surface area contributed by atoms with Crippen LogP contribution in [0.15, 0.2) is 31.0 Å². The number of aromatic nitrogens is 5. The van der Waals surface area contributed by atoms with Crippen molar-refractivity contribution in [2.45, 2.75) is 38.6 Å². The lowest BCUT2D eigenvalue weighted by Gasteiger charge is -2.28. The van der Waals surface area contributed by atoms with Gasteiger partial charge < -0.3 is 5.32 Å². The smallest absolute Gasteiger partial charge is 0.154 e. The maximum atomic E-state index is 9.40. The molecule has 126 valence electrons. The van der Waals surface area contributed by atoms with Gasteiger partial charge in [-0.05, 0) is 31.4 Å². The van der Waals surface area contributed by atoms with Gasteiger partial charge in [0.25, 0.3) is 0 Å². The minimum atomic E-state index is 0.0323. The van der Waals surface area contributed by atoms with E-state index in [1.807, 2.05) is 17.6 Å². The maximum Gasteiger partial charge on any atom is 0.154 e. The van der Waals surface area contributed by atoms with Crippen LogP contribution in [0.5, 0.6) is 0 Å². The van der Waals surface area contributed by atoms with Gasteiger partial charge >= 0.3 is 0 Å². The van der Waals surface area contributed by atoms with Crippen LogP contribution in [0, 0.1) is 24.2 Å². The molecule has 7 heteroatoms. The van der Waals surface area contributed by atoms with Gasteiger partial charge in [0.05, 0.1) is 24.4 Å². The molecule has 7 nitrogen and oxygen atoms in total. The molecular formula is C18H19N7. The first kappa shape index (κ1) is 15.5. The molecule has 1 aliphatic carbocycles. The van der Waals surface area contributed by atoms with E-state index < -0.39 is 0 Å². The molecule has 3 aromatic heterocycles. The SMILES string of the molecule is Cc1cnncc1-c1cc2c(NC3CCCCC3C#N)ncnn2c1. The van der Waals surface area contributed by atoms with E-state index in [4.69, 9.17) is 0 Å². The van der Waals surface area contributed by atoms with E-state index in [1.54, 1.807) is 18.7 Å². The van der Waals surface area contributed by atoms with Crippen LogP contribution in [-0.2, 0) is 0 Å². The zero-order valence-electron chi connectivity index (χ0n) is 14.1. The molecule has 2 atom stereocenters. The van der Waals surface area contributed by atoms with Gasteiger partial charge in [0.1, 0.15) is 11.8 Å². The Balaban J connectivity index is 1.71. The molecule has 2 unspecified atom stereocenters. The Morgan fingerprint density at radius 1 is 1.24 bits per heavy atom. The van der Waals surface area contributed by atoms with Crippen molar-refractivity contribution in [3.63, 3.8) is 0 Å². The second-order valence-corrected chi connectivity index (χ2v) is 6.52. The summed E-state index contributed by atoms with van der Waals surface area (Å²) >= 11 is 0.